The Balaban J connectivity index is 1.31. The van der Waals surface area contributed by atoms with Crippen LogP contribution in [0.1, 0.15) is 24.1 Å². The molecule has 1 aliphatic carbocycles. The zero-order valence-corrected chi connectivity index (χ0v) is 14.0. The monoisotopic (exact) mass is 319 g/mol. The summed E-state index contributed by atoms with van der Waals surface area (Å²) in [7, 11) is 2.14. The van der Waals surface area contributed by atoms with Crippen LogP contribution in [0.2, 0.25) is 0 Å². The molecule has 1 N–H and O–H groups in total. The second-order valence-corrected chi connectivity index (χ2v) is 8.24. The lowest BCUT2D eigenvalue weighted by molar-refractivity contribution is -0.125. The van der Waals surface area contributed by atoms with E-state index >= 15 is 0 Å². The minimum absolute atomic E-state index is 0.0950. The molecule has 0 spiro atoms. The molecule has 0 aromatic carbocycles. The van der Waals surface area contributed by atoms with E-state index < -0.39 is 0 Å². The van der Waals surface area contributed by atoms with Crippen LogP contribution in [0.5, 0.6) is 0 Å². The van der Waals surface area contributed by atoms with Gasteiger partial charge in [0.15, 0.2) is 0 Å². The molecule has 4 nitrogen and oxygen atoms in total. The van der Waals surface area contributed by atoms with E-state index in [2.05, 4.69) is 39.7 Å². The summed E-state index contributed by atoms with van der Waals surface area (Å²) in [4.78, 5) is 18.7. The van der Waals surface area contributed by atoms with Crippen LogP contribution >= 0.6 is 11.3 Å². The molecular weight excluding hydrogens is 294 g/mol. The predicted octanol–water partition coefficient (Wildman–Crippen LogP) is 1.78. The number of fused-ring (bicyclic) bond motifs is 1. The molecule has 3 atom stereocenters. The summed E-state index contributed by atoms with van der Waals surface area (Å²) in [5, 5.41) is 5.31. The van der Waals surface area contributed by atoms with Gasteiger partial charge >= 0.3 is 0 Å². The largest absolute Gasteiger partial charge is 0.354 e. The standard InChI is InChI=1S/C17H25N3OS/c1-19-15(17(21)18-8-12-4-5-12)7-13-9-20(11-16(13)19)10-14-3-2-6-22-14/h2-3,6,12-13,15-16H,4-5,7-11H2,1H3,(H,18,21)/t13-,15-,16+/m0/s1. The van der Waals surface area contributed by atoms with Crippen LogP contribution in [0.15, 0.2) is 17.5 Å². The maximum Gasteiger partial charge on any atom is 0.237 e. The Labute approximate surface area is 136 Å². The lowest BCUT2D eigenvalue weighted by Gasteiger charge is -2.26. The topological polar surface area (TPSA) is 35.6 Å². The molecule has 2 aliphatic heterocycles. The van der Waals surface area contributed by atoms with Crippen LogP contribution in [-0.2, 0) is 11.3 Å². The third-order valence-corrected chi connectivity index (χ3v) is 6.41. The zero-order chi connectivity index (χ0) is 15.1. The Morgan fingerprint density at radius 2 is 2.27 bits per heavy atom. The van der Waals surface area contributed by atoms with Gasteiger partial charge in [0, 0.05) is 37.1 Å². The SMILES string of the molecule is CN1[C@@H]2CN(Cc3cccs3)C[C@@H]2C[C@H]1C(=O)NCC1CC1. The fourth-order valence-electron chi connectivity index (χ4n) is 4.05. The van der Waals surface area contributed by atoms with E-state index in [-0.39, 0.29) is 11.9 Å². The van der Waals surface area contributed by atoms with Crippen LogP contribution in [-0.4, -0.2) is 54.5 Å². The third kappa shape index (κ3) is 2.94. The number of carbonyl (C=O) groups excluding carboxylic acids is 1. The average molecular weight is 319 g/mol. The third-order valence-electron chi connectivity index (χ3n) is 5.55. The molecule has 1 saturated carbocycles. The summed E-state index contributed by atoms with van der Waals surface area (Å²) in [5.41, 5.74) is 0. The highest BCUT2D eigenvalue weighted by atomic mass is 32.1. The maximum absolute atomic E-state index is 12.4. The van der Waals surface area contributed by atoms with Gasteiger partial charge in [0.05, 0.1) is 6.04 Å². The Bertz CT molecular complexity index is 528. The van der Waals surface area contributed by atoms with Crippen molar-refractivity contribution in [3.8, 4) is 0 Å². The van der Waals surface area contributed by atoms with Crippen LogP contribution in [0.4, 0.5) is 0 Å². The van der Waals surface area contributed by atoms with E-state index in [1.807, 2.05) is 11.3 Å². The second-order valence-electron chi connectivity index (χ2n) is 7.21. The zero-order valence-electron chi connectivity index (χ0n) is 13.2. The van der Waals surface area contributed by atoms with Crippen LogP contribution < -0.4 is 5.32 Å². The first kappa shape index (κ1) is 14.7. The molecule has 4 rings (SSSR count). The van der Waals surface area contributed by atoms with Crippen LogP contribution in [0.3, 0.4) is 0 Å². The van der Waals surface area contributed by atoms with Crippen molar-refractivity contribution >= 4 is 17.2 Å². The molecule has 120 valence electrons. The predicted molar refractivity (Wildman–Crippen MR) is 88.8 cm³/mol. The highest BCUT2D eigenvalue weighted by Crippen LogP contribution is 2.35. The van der Waals surface area contributed by atoms with Gasteiger partial charge in [-0.1, -0.05) is 6.07 Å². The van der Waals surface area contributed by atoms with Crippen molar-refractivity contribution < 1.29 is 4.79 Å². The molecule has 1 aromatic heterocycles. The molecule has 2 saturated heterocycles. The first-order valence-corrected chi connectivity index (χ1v) is 9.33. The van der Waals surface area contributed by atoms with E-state index in [4.69, 9.17) is 0 Å². The molecule has 0 unspecified atom stereocenters. The van der Waals surface area contributed by atoms with Crippen molar-refractivity contribution in [2.24, 2.45) is 11.8 Å². The normalized spacial score (nSPS) is 32.3. The molecule has 1 aromatic rings. The molecular formula is C17H25N3OS. The fourth-order valence-corrected chi connectivity index (χ4v) is 4.79. The Hall–Kier alpha value is -0.910. The van der Waals surface area contributed by atoms with Gasteiger partial charge in [-0.05, 0) is 49.6 Å². The van der Waals surface area contributed by atoms with Gasteiger partial charge in [-0.15, -0.1) is 11.3 Å². The number of carbonyl (C=O) groups is 1. The number of nitrogens with one attached hydrogen (secondary N) is 1. The number of hydrogen-bond acceptors (Lipinski definition) is 4. The van der Waals surface area contributed by atoms with E-state index in [1.54, 1.807) is 0 Å². The summed E-state index contributed by atoms with van der Waals surface area (Å²) in [6, 6.07) is 4.99. The van der Waals surface area contributed by atoms with Crippen molar-refractivity contribution in [2.75, 3.05) is 26.7 Å². The summed E-state index contributed by atoms with van der Waals surface area (Å²) in [5.74, 6) is 1.67. The number of amides is 1. The smallest absolute Gasteiger partial charge is 0.237 e. The number of likely N-dealkylation sites (N-methyl/N-ethyl adjacent to an activating group) is 1. The fraction of sp³-hybridized carbons (Fsp3) is 0.706. The van der Waals surface area contributed by atoms with Crippen LogP contribution in [0, 0.1) is 11.8 Å². The van der Waals surface area contributed by atoms with Crippen molar-refractivity contribution in [3.05, 3.63) is 22.4 Å². The summed E-state index contributed by atoms with van der Waals surface area (Å²) in [6.07, 6.45) is 3.62. The lowest BCUT2D eigenvalue weighted by Crippen LogP contribution is -2.46. The van der Waals surface area contributed by atoms with Gasteiger partial charge in [0.2, 0.25) is 5.91 Å². The highest BCUT2D eigenvalue weighted by Gasteiger charge is 2.47. The number of nitrogens with zero attached hydrogens (tertiary/aromatic N) is 2. The van der Waals surface area contributed by atoms with Crippen molar-refractivity contribution in [1.29, 1.82) is 0 Å². The number of rotatable bonds is 5. The van der Waals surface area contributed by atoms with Gasteiger partial charge in [-0.2, -0.15) is 0 Å². The van der Waals surface area contributed by atoms with E-state index in [1.165, 1.54) is 17.7 Å². The molecule has 3 fully saturated rings. The Kier molecular flexibility index (Phi) is 3.96. The molecule has 0 bridgehead atoms. The van der Waals surface area contributed by atoms with Crippen molar-refractivity contribution in [2.45, 2.75) is 37.9 Å². The Morgan fingerprint density at radius 1 is 1.41 bits per heavy atom. The molecule has 22 heavy (non-hydrogen) atoms. The van der Waals surface area contributed by atoms with E-state index in [9.17, 15) is 4.79 Å². The molecule has 3 aliphatic rings. The molecule has 5 heteroatoms. The Morgan fingerprint density at radius 3 is 2.95 bits per heavy atom. The van der Waals surface area contributed by atoms with Crippen LogP contribution in [0.25, 0.3) is 0 Å². The molecule has 3 heterocycles. The van der Waals surface area contributed by atoms with Gasteiger partial charge in [-0.25, -0.2) is 0 Å². The van der Waals surface area contributed by atoms with Gasteiger partial charge < -0.3 is 5.32 Å². The quantitative estimate of drug-likeness (QED) is 0.898. The van der Waals surface area contributed by atoms with Gasteiger partial charge in [-0.3, -0.25) is 14.6 Å². The highest BCUT2D eigenvalue weighted by molar-refractivity contribution is 7.09. The number of thiophene rings is 1. The summed E-state index contributed by atoms with van der Waals surface area (Å²) in [6.45, 7) is 4.20. The first-order valence-electron chi connectivity index (χ1n) is 8.45. The van der Waals surface area contributed by atoms with Gasteiger partial charge in [0.1, 0.15) is 0 Å². The lowest BCUT2D eigenvalue weighted by atomic mass is 10.0. The van der Waals surface area contributed by atoms with Gasteiger partial charge in [0.25, 0.3) is 0 Å². The summed E-state index contributed by atoms with van der Waals surface area (Å²) < 4.78 is 0. The summed E-state index contributed by atoms with van der Waals surface area (Å²) >= 11 is 1.84. The van der Waals surface area contributed by atoms with Crippen molar-refractivity contribution in [1.82, 2.24) is 15.1 Å². The molecule has 1 amide bonds. The maximum atomic E-state index is 12.4. The number of likely N-dealkylation sites (tertiary alicyclic amines) is 2. The minimum atomic E-state index is 0.0950. The molecule has 0 radical (unpaired) electrons. The number of hydrogen-bond donors (Lipinski definition) is 1. The first-order chi connectivity index (χ1) is 10.7. The van der Waals surface area contributed by atoms with E-state index in [0.717, 1.165) is 38.5 Å². The average Bonchev–Trinajstić information content (AvgIpc) is 2.90. The minimum Gasteiger partial charge on any atom is -0.354 e. The van der Waals surface area contributed by atoms with E-state index in [0.29, 0.717) is 12.0 Å². The van der Waals surface area contributed by atoms with Crippen molar-refractivity contribution in [3.63, 3.8) is 0 Å². The second kappa shape index (κ2) is 5.95.